The molecule has 1 aromatic carbocycles. The normalized spacial score (nSPS) is 15.8. The third-order valence-corrected chi connectivity index (χ3v) is 5.97. The number of ether oxygens (including phenoxy) is 1. The molecule has 0 bridgehead atoms. The van der Waals surface area contributed by atoms with Crippen LogP contribution in [-0.4, -0.2) is 73.2 Å². The van der Waals surface area contributed by atoms with Crippen LogP contribution in [0.5, 0.6) is 0 Å². The van der Waals surface area contributed by atoms with Gasteiger partial charge in [0.2, 0.25) is 5.91 Å². The maximum Gasteiger partial charge on any atom is 0.410 e. The molecular formula is C25H37N3O5. The third-order valence-electron chi connectivity index (χ3n) is 5.97. The molecule has 0 radical (unpaired) electrons. The van der Waals surface area contributed by atoms with Crippen LogP contribution in [0, 0.1) is 0 Å². The smallest absolute Gasteiger partial charge is 0.410 e. The lowest BCUT2D eigenvalue weighted by Crippen LogP contribution is -2.43. The van der Waals surface area contributed by atoms with Gasteiger partial charge in [0.25, 0.3) is 0 Å². The Bertz CT molecular complexity index is 841. The average Bonchev–Trinajstić information content (AvgIpc) is 2.78. The van der Waals surface area contributed by atoms with Crippen LogP contribution in [0.2, 0.25) is 0 Å². The fourth-order valence-corrected chi connectivity index (χ4v) is 4.18. The number of rotatable bonds is 9. The number of nitrogens with one attached hydrogen (secondary N) is 1. The summed E-state index contributed by atoms with van der Waals surface area (Å²) in [4.78, 5) is 50.8. The zero-order valence-corrected chi connectivity index (χ0v) is 20.4. The van der Waals surface area contributed by atoms with Crippen molar-refractivity contribution in [1.29, 1.82) is 0 Å². The van der Waals surface area contributed by atoms with Crippen LogP contribution < -0.4 is 5.32 Å². The molecule has 0 saturated carbocycles. The highest BCUT2D eigenvalue weighted by molar-refractivity contribution is 5.82. The van der Waals surface area contributed by atoms with Gasteiger partial charge in [0.15, 0.2) is 0 Å². The number of likely N-dealkylation sites (N-methyl/N-ethyl adjacent to an activating group) is 2. The number of piperidine rings is 1. The average molecular weight is 460 g/mol. The van der Waals surface area contributed by atoms with Crippen molar-refractivity contribution in [3.63, 3.8) is 0 Å². The molecule has 8 nitrogen and oxygen atoms in total. The second-order valence-corrected chi connectivity index (χ2v) is 9.61. The quantitative estimate of drug-likeness (QED) is 0.570. The fourth-order valence-electron chi connectivity index (χ4n) is 4.18. The molecule has 1 unspecified atom stereocenters. The van der Waals surface area contributed by atoms with Gasteiger partial charge >= 0.3 is 6.09 Å². The molecule has 1 saturated heterocycles. The van der Waals surface area contributed by atoms with Crippen molar-refractivity contribution in [2.24, 2.45) is 0 Å². The molecule has 1 atom stereocenters. The number of aldehydes is 2. The Labute approximate surface area is 196 Å². The van der Waals surface area contributed by atoms with E-state index >= 15 is 0 Å². The number of amides is 2. The van der Waals surface area contributed by atoms with Crippen LogP contribution >= 0.6 is 0 Å². The first-order valence-corrected chi connectivity index (χ1v) is 11.5. The van der Waals surface area contributed by atoms with Crippen molar-refractivity contribution in [2.45, 2.75) is 70.6 Å². The van der Waals surface area contributed by atoms with Gasteiger partial charge in [0, 0.05) is 38.7 Å². The molecule has 2 amide bonds. The first-order chi connectivity index (χ1) is 15.6. The number of benzene rings is 1. The van der Waals surface area contributed by atoms with Gasteiger partial charge in [0.1, 0.15) is 18.2 Å². The van der Waals surface area contributed by atoms with Crippen molar-refractivity contribution < 1.29 is 23.9 Å². The van der Waals surface area contributed by atoms with Crippen LogP contribution in [-0.2, 0) is 20.9 Å². The van der Waals surface area contributed by atoms with Crippen molar-refractivity contribution in [3.05, 3.63) is 34.9 Å². The van der Waals surface area contributed by atoms with Gasteiger partial charge in [-0.25, -0.2) is 4.79 Å². The maximum absolute atomic E-state index is 12.3. The predicted octanol–water partition coefficient (Wildman–Crippen LogP) is 3.14. The van der Waals surface area contributed by atoms with Crippen LogP contribution in [0.3, 0.4) is 0 Å². The summed E-state index contributed by atoms with van der Waals surface area (Å²) in [6.45, 7) is 7.23. The predicted molar refractivity (Wildman–Crippen MR) is 126 cm³/mol. The minimum atomic E-state index is -0.516. The van der Waals surface area contributed by atoms with Gasteiger partial charge in [-0.2, -0.15) is 0 Å². The van der Waals surface area contributed by atoms with Crippen LogP contribution in [0.15, 0.2) is 18.2 Å². The number of likely N-dealkylation sites (tertiary alicyclic amines) is 1. The zero-order valence-electron chi connectivity index (χ0n) is 20.4. The molecule has 1 heterocycles. The Morgan fingerprint density at radius 2 is 1.91 bits per heavy atom. The SMILES string of the molecule is CNC(=O)C(CCC=O)N(C)Cc1cc(C2CCN(C(=O)OC(C)(C)C)CC2)ccc1C=O. The van der Waals surface area contributed by atoms with Gasteiger partial charge in [0.05, 0.1) is 6.04 Å². The lowest BCUT2D eigenvalue weighted by Gasteiger charge is -2.34. The molecule has 1 aliphatic heterocycles. The monoisotopic (exact) mass is 459 g/mol. The Balaban J connectivity index is 2.11. The summed E-state index contributed by atoms with van der Waals surface area (Å²) < 4.78 is 5.48. The van der Waals surface area contributed by atoms with Crippen LogP contribution in [0.4, 0.5) is 4.79 Å². The highest BCUT2D eigenvalue weighted by Crippen LogP contribution is 2.30. The molecule has 1 aliphatic rings. The summed E-state index contributed by atoms with van der Waals surface area (Å²) in [7, 11) is 3.40. The number of carbonyl (C=O) groups is 4. The van der Waals surface area contributed by atoms with E-state index in [1.807, 2.05) is 50.9 Å². The third kappa shape index (κ3) is 7.67. The summed E-state index contributed by atoms with van der Waals surface area (Å²) in [5, 5.41) is 2.65. The summed E-state index contributed by atoms with van der Waals surface area (Å²) in [6.07, 6.45) is 3.70. The fraction of sp³-hybridized carbons (Fsp3) is 0.600. The second-order valence-electron chi connectivity index (χ2n) is 9.61. The molecular weight excluding hydrogens is 422 g/mol. The van der Waals surface area contributed by atoms with E-state index in [-0.39, 0.29) is 17.9 Å². The summed E-state index contributed by atoms with van der Waals surface area (Å²) >= 11 is 0. The summed E-state index contributed by atoms with van der Waals surface area (Å²) in [5.41, 5.74) is 2.04. The molecule has 1 fully saturated rings. The van der Waals surface area contributed by atoms with Crippen molar-refractivity contribution in [1.82, 2.24) is 15.1 Å². The first-order valence-electron chi connectivity index (χ1n) is 11.5. The number of nitrogens with zero attached hydrogens (tertiary/aromatic N) is 2. The minimum Gasteiger partial charge on any atom is -0.444 e. The van der Waals surface area contributed by atoms with E-state index in [0.717, 1.165) is 36.5 Å². The Kier molecular flexibility index (Phi) is 9.58. The molecule has 182 valence electrons. The standard InChI is InChI=1S/C25H37N3O5/c1-25(2,3)33-24(32)28-12-10-18(11-13-28)19-8-9-20(17-30)21(15-19)16-27(5)22(7-6-14-29)23(31)26-4/h8-9,14-15,17-18,22H,6-7,10-13,16H2,1-5H3,(H,26,31). The van der Waals surface area contributed by atoms with Gasteiger partial charge in [-0.05, 0) is 64.1 Å². The lowest BCUT2D eigenvalue weighted by atomic mass is 9.87. The van der Waals surface area contributed by atoms with Crippen molar-refractivity contribution >= 4 is 24.6 Å². The molecule has 0 aromatic heterocycles. The molecule has 33 heavy (non-hydrogen) atoms. The Morgan fingerprint density at radius 1 is 1.24 bits per heavy atom. The molecule has 1 N–H and O–H groups in total. The van der Waals surface area contributed by atoms with Gasteiger partial charge in [-0.1, -0.05) is 18.2 Å². The van der Waals surface area contributed by atoms with Gasteiger partial charge < -0.3 is 19.7 Å². The summed E-state index contributed by atoms with van der Waals surface area (Å²) in [6, 6.07) is 5.38. The van der Waals surface area contributed by atoms with E-state index in [2.05, 4.69) is 5.32 Å². The van der Waals surface area contributed by atoms with Crippen molar-refractivity contribution in [3.8, 4) is 0 Å². The summed E-state index contributed by atoms with van der Waals surface area (Å²) in [5.74, 6) is 0.121. The van der Waals surface area contributed by atoms with Gasteiger partial charge in [-0.3, -0.25) is 14.5 Å². The van der Waals surface area contributed by atoms with Crippen LogP contribution in [0.1, 0.15) is 73.9 Å². The van der Waals surface area contributed by atoms with E-state index in [4.69, 9.17) is 4.74 Å². The van der Waals surface area contributed by atoms with E-state index in [9.17, 15) is 19.2 Å². The molecule has 8 heteroatoms. The molecule has 0 spiro atoms. The van der Waals surface area contributed by atoms with Crippen molar-refractivity contribution in [2.75, 3.05) is 27.2 Å². The van der Waals surface area contributed by atoms with E-state index in [1.54, 1.807) is 11.9 Å². The highest BCUT2D eigenvalue weighted by atomic mass is 16.6. The zero-order chi connectivity index (χ0) is 24.6. The number of carbonyl (C=O) groups excluding carboxylic acids is 4. The van der Waals surface area contributed by atoms with E-state index in [0.29, 0.717) is 38.0 Å². The molecule has 2 rings (SSSR count). The number of hydrogen-bond donors (Lipinski definition) is 1. The maximum atomic E-state index is 12.3. The molecule has 0 aliphatic carbocycles. The minimum absolute atomic E-state index is 0.155. The lowest BCUT2D eigenvalue weighted by molar-refractivity contribution is -0.126. The first kappa shape index (κ1) is 26.5. The van der Waals surface area contributed by atoms with Crippen LogP contribution in [0.25, 0.3) is 0 Å². The largest absolute Gasteiger partial charge is 0.444 e. The second kappa shape index (κ2) is 11.9. The Hall–Kier alpha value is -2.74. The van der Waals surface area contributed by atoms with E-state index in [1.165, 1.54) is 0 Å². The van der Waals surface area contributed by atoms with E-state index < -0.39 is 11.6 Å². The number of hydrogen-bond acceptors (Lipinski definition) is 6. The Morgan fingerprint density at radius 3 is 2.45 bits per heavy atom. The molecule has 1 aromatic rings. The topological polar surface area (TPSA) is 96.0 Å². The highest BCUT2D eigenvalue weighted by Gasteiger charge is 2.28. The van der Waals surface area contributed by atoms with Gasteiger partial charge in [-0.15, -0.1) is 0 Å².